The SMILES string of the molecule is CCCOc1ccc(Cl)cc1NCC(=O)Sc1ncccc1C(=O)O. The zero-order valence-electron chi connectivity index (χ0n) is 13.5. The van der Waals surface area contributed by atoms with Gasteiger partial charge in [0.25, 0.3) is 0 Å². The second-order valence-electron chi connectivity index (χ2n) is 4.98. The predicted molar refractivity (Wildman–Crippen MR) is 97.8 cm³/mol. The van der Waals surface area contributed by atoms with E-state index in [1.165, 1.54) is 18.3 Å². The summed E-state index contributed by atoms with van der Waals surface area (Å²) in [5.74, 6) is -0.519. The third-order valence-corrected chi connectivity index (χ3v) is 4.16. The van der Waals surface area contributed by atoms with Crippen LogP contribution >= 0.6 is 23.4 Å². The molecular formula is C17H17ClN2O4S. The van der Waals surface area contributed by atoms with Gasteiger partial charge in [-0.15, -0.1) is 0 Å². The predicted octanol–water partition coefficient (Wildman–Crippen LogP) is 3.95. The van der Waals surface area contributed by atoms with Gasteiger partial charge in [0.2, 0.25) is 5.12 Å². The number of aromatic nitrogens is 1. The quantitative estimate of drug-likeness (QED) is 0.670. The summed E-state index contributed by atoms with van der Waals surface area (Å²) in [5.41, 5.74) is 0.602. The van der Waals surface area contributed by atoms with Crippen molar-refractivity contribution >= 4 is 40.1 Å². The highest BCUT2D eigenvalue weighted by molar-refractivity contribution is 8.13. The molecule has 0 fully saturated rings. The molecule has 0 aliphatic carbocycles. The Labute approximate surface area is 154 Å². The summed E-state index contributed by atoms with van der Waals surface area (Å²) >= 11 is 6.77. The Morgan fingerprint density at radius 3 is 2.88 bits per heavy atom. The van der Waals surface area contributed by atoms with E-state index in [-0.39, 0.29) is 22.2 Å². The number of hydrogen-bond donors (Lipinski definition) is 2. The second kappa shape index (κ2) is 9.29. The van der Waals surface area contributed by atoms with Crippen molar-refractivity contribution in [1.82, 2.24) is 4.98 Å². The first kappa shape index (κ1) is 19.1. The smallest absolute Gasteiger partial charge is 0.338 e. The van der Waals surface area contributed by atoms with Gasteiger partial charge in [-0.25, -0.2) is 9.78 Å². The number of nitrogens with zero attached hydrogens (tertiary/aromatic N) is 1. The number of pyridine rings is 1. The van der Waals surface area contributed by atoms with E-state index in [1.807, 2.05) is 6.92 Å². The lowest BCUT2D eigenvalue weighted by atomic mass is 10.3. The molecule has 0 saturated carbocycles. The van der Waals surface area contributed by atoms with Crippen molar-refractivity contribution < 1.29 is 19.4 Å². The maximum atomic E-state index is 12.2. The van der Waals surface area contributed by atoms with Crippen molar-refractivity contribution in [2.45, 2.75) is 18.4 Å². The van der Waals surface area contributed by atoms with Crippen molar-refractivity contribution in [3.05, 3.63) is 47.1 Å². The van der Waals surface area contributed by atoms with Crippen molar-refractivity contribution in [3.8, 4) is 5.75 Å². The fraction of sp³-hybridized carbons (Fsp3) is 0.235. The molecule has 132 valence electrons. The number of halogens is 1. The van der Waals surface area contributed by atoms with Crippen LogP contribution < -0.4 is 10.1 Å². The highest BCUT2D eigenvalue weighted by atomic mass is 35.5. The molecule has 1 aromatic carbocycles. The Bertz CT molecular complexity index is 770. The van der Waals surface area contributed by atoms with E-state index in [2.05, 4.69) is 10.3 Å². The minimum absolute atomic E-state index is 0.00410. The molecular weight excluding hydrogens is 364 g/mol. The van der Waals surface area contributed by atoms with Crippen LogP contribution in [0.1, 0.15) is 23.7 Å². The first-order chi connectivity index (χ1) is 12.0. The van der Waals surface area contributed by atoms with Crippen molar-refractivity contribution in [3.63, 3.8) is 0 Å². The number of carboxylic acid groups (broad SMARTS) is 1. The van der Waals surface area contributed by atoms with Gasteiger partial charge in [-0.3, -0.25) is 4.79 Å². The van der Waals surface area contributed by atoms with E-state index < -0.39 is 5.97 Å². The number of carboxylic acids is 1. The fourth-order valence-electron chi connectivity index (χ4n) is 1.92. The van der Waals surface area contributed by atoms with Crippen LogP contribution in [0.15, 0.2) is 41.6 Å². The van der Waals surface area contributed by atoms with Gasteiger partial charge >= 0.3 is 5.97 Å². The van der Waals surface area contributed by atoms with Gasteiger partial charge in [0.05, 0.1) is 24.4 Å². The van der Waals surface area contributed by atoms with Gasteiger partial charge in [-0.2, -0.15) is 0 Å². The van der Waals surface area contributed by atoms with Crippen LogP contribution in [-0.4, -0.2) is 34.3 Å². The van der Waals surface area contributed by atoms with Crippen LogP contribution in [0.4, 0.5) is 5.69 Å². The molecule has 2 aromatic rings. The molecule has 6 nitrogen and oxygen atoms in total. The Kier molecular flexibility index (Phi) is 7.09. The molecule has 25 heavy (non-hydrogen) atoms. The van der Waals surface area contributed by atoms with Crippen LogP contribution in [0, 0.1) is 0 Å². The number of benzene rings is 1. The second-order valence-corrected chi connectivity index (χ2v) is 6.46. The molecule has 1 aromatic heterocycles. The maximum absolute atomic E-state index is 12.2. The number of nitrogens with one attached hydrogen (secondary N) is 1. The minimum atomic E-state index is -1.12. The molecule has 0 amide bonds. The summed E-state index contributed by atoms with van der Waals surface area (Å²) in [6.45, 7) is 2.52. The van der Waals surface area contributed by atoms with Crippen molar-refractivity contribution in [2.75, 3.05) is 18.5 Å². The topological polar surface area (TPSA) is 88.5 Å². The first-order valence-corrected chi connectivity index (χ1v) is 8.76. The van der Waals surface area contributed by atoms with Gasteiger partial charge in [0.1, 0.15) is 10.8 Å². The zero-order chi connectivity index (χ0) is 18.2. The molecule has 0 aliphatic heterocycles. The van der Waals surface area contributed by atoms with E-state index in [1.54, 1.807) is 18.2 Å². The number of anilines is 1. The third-order valence-electron chi connectivity index (χ3n) is 3.04. The Morgan fingerprint density at radius 1 is 1.36 bits per heavy atom. The lowest BCUT2D eigenvalue weighted by molar-refractivity contribution is -0.109. The van der Waals surface area contributed by atoms with Gasteiger partial charge in [-0.1, -0.05) is 18.5 Å². The number of carbonyl (C=O) groups excluding carboxylic acids is 1. The van der Waals surface area contributed by atoms with Crippen LogP contribution in [0.3, 0.4) is 0 Å². The number of thioether (sulfide) groups is 1. The maximum Gasteiger partial charge on any atom is 0.338 e. The lowest BCUT2D eigenvalue weighted by Gasteiger charge is -2.13. The van der Waals surface area contributed by atoms with Crippen LogP contribution in [0.2, 0.25) is 5.02 Å². The zero-order valence-corrected chi connectivity index (χ0v) is 15.1. The summed E-state index contributed by atoms with van der Waals surface area (Å²) in [6, 6.07) is 8.04. The van der Waals surface area contributed by atoms with Crippen LogP contribution in [0.25, 0.3) is 0 Å². The van der Waals surface area contributed by atoms with Crippen LogP contribution in [0.5, 0.6) is 5.75 Å². The number of ether oxygens (including phenoxy) is 1. The molecule has 0 bridgehead atoms. The molecule has 2 rings (SSSR count). The van der Waals surface area contributed by atoms with Crippen LogP contribution in [-0.2, 0) is 4.79 Å². The summed E-state index contributed by atoms with van der Waals surface area (Å²) < 4.78 is 5.61. The van der Waals surface area contributed by atoms with Gasteiger partial charge in [0.15, 0.2) is 0 Å². The highest BCUT2D eigenvalue weighted by Gasteiger charge is 2.15. The number of rotatable bonds is 8. The first-order valence-electron chi connectivity index (χ1n) is 7.56. The van der Waals surface area contributed by atoms with E-state index in [0.717, 1.165) is 18.2 Å². The summed E-state index contributed by atoms with van der Waals surface area (Å²) in [7, 11) is 0. The summed E-state index contributed by atoms with van der Waals surface area (Å²) in [6.07, 6.45) is 2.30. The molecule has 0 unspecified atom stereocenters. The monoisotopic (exact) mass is 380 g/mol. The van der Waals surface area contributed by atoms with E-state index in [0.29, 0.717) is 23.1 Å². The molecule has 8 heteroatoms. The average molecular weight is 381 g/mol. The Hall–Kier alpha value is -2.25. The Morgan fingerprint density at radius 2 is 2.16 bits per heavy atom. The average Bonchev–Trinajstić information content (AvgIpc) is 2.59. The summed E-state index contributed by atoms with van der Waals surface area (Å²) in [4.78, 5) is 27.3. The number of aromatic carboxylic acids is 1. The van der Waals surface area contributed by atoms with Crippen molar-refractivity contribution in [2.24, 2.45) is 0 Å². The van der Waals surface area contributed by atoms with E-state index >= 15 is 0 Å². The van der Waals surface area contributed by atoms with E-state index in [9.17, 15) is 9.59 Å². The molecule has 0 spiro atoms. The fourth-order valence-corrected chi connectivity index (χ4v) is 2.84. The summed E-state index contributed by atoms with van der Waals surface area (Å²) in [5, 5.41) is 12.5. The third kappa shape index (κ3) is 5.65. The minimum Gasteiger partial charge on any atom is -0.491 e. The highest BCUT2D eigenvalue weighted by Crippen LogP contribution is 2.29. The molecule has 0 radical (unpaired) electrons. The van der Waals surface area contributed by atoms with Gasteiger partial charge in [-0.05, 0) is 48.5 Å². The Balaban J connectivity index is 2.03. The van der Waals surface area contributed by atoms with Gasteiger partial charge in [0, 0.05) is 11.2 Å². The lowest BCUT2D eigenvalue weighted by Crippen LogP contribution is -2.12. The normalized spacial score (nSPS) is 10.3. The standard InChI is InChI=1S/C17H17ClN2O4S/c1-2-8-24-14-6-5-11(18)9-13(14)20-10-15(21)25-16-12(17(22)23)4-3-7-19-16/h3-7,9,20H,2,8,10H2,1H3,(H,22,23). The van der Waals surface area contributed by atoms with Gasteiger partial charge < -0.3 is 15.2 Å². The molecule has 0 saturated heterocycles. The largest absolute Gasteiger partial charge is 0.491 e. The molecule has 0 atom stereocenters. The van der Waals surface area contributed by atoms with E-state index in [4.69, 9.17) is 21.4 Å². The number of carbonyl (C=O) groups is 2. The van der Waals surface area contributed by atoms with Crippen molar-refractivity contribution in [1.29, 1.82) is 0 Å². The molecule has 2 N–H and O–H groups in total. The number of hydrogen-bond acceptors (Lipinski definition) is 6. The molecule has 0 aliphatic rings. The molecule has 1 heterocycles.